The normalized spacial score (nSPS) is 10.1. The maximum absolute atomic E-state index is 12.4. The number of ether oxygens (including phenoxy) is 1. The lowest BCUT2D eigenvalue weighted by Gasteiger charge is -2.10. The van der Waals surface area contributed by atoms with Gasteiger partial charge in [0.15, 0.2) is 0 Å². The third-order valence-corrected chi connectivity index (χ3v) is 3.99. The summed E-state index contributed by atoms with van der Waals surface area (Å²) in [6, 6.07) is 23.6. The Hall–Kier alpha value is -3.60. The first-order valence-electron chi connectivity index (χ1n) is 8.54. The maximum Gasteiger partial charge on any atom is 0.259 e. The Bertz CT molecular complexity index is 922. The third kappa shape index (κ3) is 4.95. The Morgan fingerprint density at radius 3 is 2.04 bits per heavy atom. The molecule has 3 aromatic rings. The second kappa shape index (κ2) is 8.67. The number of hydrogen-bond donors (Lipinski definition) is 2. The largest absolute Gasteiger partial charge is 0.496 e. The van der Waals surface area contributed by atoms with Gasteiger partial charge in [0.2, 0.25) is 5.91 Å². The monoisotopic (exact) mass is 360 g/mol. The van der Waals surface area contributed by atoms with Crippen LogP contribution < -0.4 is 15.4 Å². The summed E-state index contributed by atoms with van der Waals surface area (Å²) in [5.41, 5.74) is 2.72. The van der Waals surface area contributed by atoms with E-state index in [1.807, 2.05) is 36.4 Å². The number of hydrogen-bond acceptors (Lipinski definition) is 3. The second-order valence-electron chi connectivity index (χ2n) is 5.94. The Labute approximate surface area is 158 Å². The molecule has 0 radical (unpaired) electrons. The van der Waals surface area contributed by atoms with Crippen molar-refractivity contribution in [3.63, 3.8) is 0 Å². The van der Waals surface area contributed by atoms with Gasteiger partial charge in [-0.25, -0.2) is 0 Å². The molecule has 0 atom stereocenters. The standard InChI is InChI=1S/C22H20N2O3/c1-27-20-10-6-5-9-19(20)22(26)24-18-13-11-17(12-14-18)23-21(25)15-16-7-3-2-4-8-16/h2-14H,15H2,1H3,(H,23,25)(H,24,26). The summed E-state index contributed by atoms with van der Waals surface area (Å²) in [6.45, 7) is 0. The summed E-state index contributed by atoms with van der Waals surface area (Å²) < 4.78 is 5.21. The van der Waals surface area contributed by atoms with E-state index in [2.05, 4.69) is 10.6 Å². The van der Waals surface area contributed by atoms with Gasteiger partial charge in [0.25, 0.3) is 5.91 Å². The van der Waals surface area contributed by atoms with Crippen LogP contribution in [0.3, 0.4) is 0 Å². The molecule has 136 valence electrons. The van der Waals surface area contributed by atoms with Gasteiger partial charge in [0.05, 0.1) is 19.1 Å². The van der Waals surface area contributed by atoms with Crippen LogP contribution in [0.5, 0.6) is 5.75 Å². The van der Waals surface area contributed by atoms with Crippen LogP contribution >= 0.6 is 0 Å². The first-order chi connectivity index (χ1) is 13.2. The SMILES string of the molecule is COc1ccccc1C(=O)Nc1ccc(NC(=O)Cc2ccccc2)cc1. The van der Waals surface area contributed by atoms with Crippen molar-refractivity contribution in [2.45, 2.75) is 6.42 Å². The average Bonchev–Trinajstić information content (AvgIpc) is 2.70. The topological polar surface area (TPSA) is 67.4 Å². The van der Waals surface area contributed by atoms with Crippen molar-refractivity contribution >= 4 is 23.2 Å². The summed E-state index contributed by atoms with van der Waals surface area (Å²) >= 11 is 0. The lowest BCUT2D eigenvalue weighted by molar-refractivity contribution is -0.115. The molecule has 2 amide bonds. The fourth-order valence-corrected chi connectivity index (χ4v) is 2.65. The molecule has 0 aliphatic heterocycles. The first kappa shape index (κ1) is 18.2. The molecule has 2 N–H and O–H groups in total. The lowest BCUT2D eigenvalue weighted by Crippen LogP contribution is -2.15. The molecule has 3 rings (SSSR count). The van der Waals surface area contributed by atoms with Crippen molar-refractivity contribution in [2.75, 3.05) is 17.7 Å². The van der Waals surface area contributed by atoms with Crippen LogP contribution in [0.15, 0.2) is 78.9 Å². The fraction of sp³-hybridized carbons (Fsp3) is 0.0909. The van der Waals surface area contributed by atoms with Gasteiger partial charge < -0.3 is 15.4 Å². The number of para-hydroxylation sites is 1. The van der Waals surface area contributed by atoms with E-state index in [9.17, 15) is 9.59 Å². The van der Waals surface area contributed by atoms with Gasteiger partial charge in [0.1, 0.15) is 5.75 Å². The highest BCUT2D eigenvalue weighted by molar-refractivity contribution is 6.06. The predicted octanol–water partition coefficient (Wildman–Crippen LogP) is 4.13. The van der Waals surface area contributed by atoms with Crippen LogP contribution in [0, 0.1) is 0 Å². The Kier molecular flexibility index (Phi) is 5.84. The minimum absolute atomic E-state index is 0.0907. The molecule has 5 nitrogen and oxygen atoms in total. The zero-order valence-corrected chi connectivity index (χ0v) is 14.9. The van der Waals surface area contributed by atoms with Gasteiger partial charge >= 0.3 is 0 Å². The van der Waals surface area contributed by atoms with Crippen molar-refractivity contribution in [2.24, 2.45) is 0 Å². The lowest BCUT2D eigenvalue weighted by atomic mass is 10.1. The first-order valence-corrected chi connectivity index (χ1v) is 8.54. The molecule has 0 heterocycles. The highest BCUT2D eigenvalue weighted by atomic mass is 16.5. The molecule has 0 aliphatic rings. The molecule has 0 spiro atoms. The molecule has 0 saturated carbocycles. The second-order valence-corrected chi connectivity index (χ2v) is 5.94. The van der Waals surface area contributed by atoms with E-state index in [0.29, 0.717) is 29.1 Å². The van der Waals surface area contributed by atoms with E-state index in [1.54, 1.807) is 42.5 Å². The summed E-state index contributed by atoms with van der Waals surface area (Å²) in [6.07, 6.45) is 0.313. The Morgan fingerprint density at radius 2 is 1.37 bits per heavy atom. The molecule has 0 saturated heterocycles. The summed E-state index contributed by atoms with van der Waals surface area (Å²) in [5, 5.41) is 5.67. The van der Waals surface area contributed by atoms with Crippen molar-refractivity contribution < 1.29 is 14.3 Å². The van der Waals surface area contributed by atoms with Gasteiger partial charge in [-0.15, -0.1) is 0 Å². The summed E-state index contributed by atoms with van der Waals surface area (Å²) in [7, 11) is 1.53. The quantitative estimate of drug-likeness (QED) is 0.695. The van der Waals surface area contributed by atoms with Crippen LogP contribution in [0.2, 0.25) is 0 Å². The van der Waals surface area contributed by atoms with Crippen molar-refractivity contribution in [3.8, 4) is 5.75 Å². The minimum atomic E-state index is -0.256. The molecule has 0 unspecified atom stereocenters. The van der Waals surface area contributed by atoms with E-state index in [-0.39, 0.29) is 11.8 Å². The average molecular weight is 360 g/mol. The number of methoxy groups -OCH3 is 1. The number of carbonyl (C=O) groups is 2. The van der Waals surface area contributed by atoms with Gasteiger partial charge in [-0.05, 0) is 42.0 Å². The van der Waals surface area contributed by atoms with Gasteiger partial charge in [-0.1, -0.05) is 42.5 Å². The third-order valence-electron chi connectivity index (χ3n) is 3.99. The zero-order valence-electron chi connectivity index (χ0n) is 14.9. The van der Waals surface area contributed by atoms with Crippen LogP contribution in [0.1, 0.15) is 15.9 Å². The predicted molar refractivity (Wildman–Crippen MR) is 106 cm³/mol. The number of benzene rings is 3. The Morgan fingerprint density at radius 1 is 0.778 bits per heavy atom. The van der Waals surface area contributed by atoms with Gasteiger partial charge in [0, 0.05) is 11.4 Å². The minimum Gasteiger partial charge on any atom is -0.496 e. The van der Waals surface area contributed by atoms with Gasteiger partial charge in [-0.2, -0.15) is 0 Å². The molecule has 0 aliphatic carbocycles. The zero-order chi connectivity index (χ0) is 19.1. The van der Waals surface area contributed by atoms with Crippen LogP contribution in [0.4, 0.5) is 11.4 Å². The Balaban J connectivity index is 1.60. The van der Waals surface area contributed by atoms with E-state index in [0.717, 1.165) is 5.56 Å². The molecular formula is C22H20N2O3. The molecule has 0 fully saturated rings. The van der Waals surface area contributed by atoms with Crippen molar-refractivity contribution in [3.05, 3.63) is 90.0 Å². The number of anilines is 2. The highest BCUT2D eigenvalue weighted by Gasteiger charge is 2.11. The highest BCUT2D eigenvalue weighted by Crippen LogP contribution is 2.20. The number of carbonyl (C=O) groups excluding carboxylic acids is 2. The summed E-state index contributed by atoms with van der Waals surface area (Å²) in [4.78, 5) is 24.5. The van der Waals surface area contributed by atoms with E-state index in [1.165, 1.54) is 7.11 Å². The molecule has 0 aromatic heterocycles. The number of nitrogens with one attached hydrogen (secondary N) is 2. The van der Waals surface area contributed by atoms with Crippen molar-refractivity contribution in [1.82, 2.24) is 0 Å². The molecule has 5 heteroatoms. The molecule has 3 aromatic carbocycles. The van der Waals surface area contributed by atoms with E-state index < -0.39 is 0 Å². The van der Waals surface area contributed by atoms with E-state index >= 15 is 0 Å². The number of amides is 2. The van der Waals surface area contributed by atoms with Crippen LogP contribution in [-0.4, -0.2) is 18.9 Å². The number of rotatable bonds is 6. The molecule has 27 heavy (non-hydrogen) atoms. The van der Waals surface area contributed by atoms with Gasteiger partial charge in [-0.3, -0.25) is 9.59 Å². The maximum atomic E-state index is 12.4. The molecular weight excluding hydrogens is 340 g/mol. The van der Waals surface area contributed by atoms with Crippen LogP contribution in [0.25, 0.3) is 0 Å². The smallest absolute Gasteiger partial charge is 0.259 e. The summed E-state index contributed by atoms with van der Waals surface area (Å²) in [5.74, 6) is 0.167. The van der Waals surface area contributed by atoms with Crippen molar-refractivity contribution in [1.29, 1.82) is 0 Å². The van der Waals surface area contributed by atoms with E-state index in [4.69, 9.17) is 4.74 Å². The van der Waals surface area contributed by atoms with Crippen LogP contribution in [-0.2, 0) is 11.2 Å². The molecule has 0 bridgehead atoms. The fourth-order valence-electron chi connectivity index (χ4n) is 2.65.